The molecule has 0 radical (unpaired) electrons. The Kier molecular flexibility index (Phi) is 11.7. The fraction of sp³-hybridized carbons (Fsp3) is 0.625. The van der Waals surface area contributed by atoms with Crippen LogP contribution in [0.25, 0.3) is 0 Å². The summed E-state index contributed by atoms with van der Waals surface area (Å²) in [4.78, 5) is 17.7. The second-order valence-corrected chi connectivity index (χ2v) is 4.69. The molecule has 0 fully saturated rings. The fourth-order valence-electron chi connectivity index (χ4n) is 1.51. The number of carbonyl (C=O) groups is 1. The van der Waals surface area contributed by atoms with E-state index in [0.29, 0.717) is 19.6 Å². The molecule has 4 heteroatoms. The summed E-state index contributed by atoms with van der Waals surface area (Å²) in [5, 5.41) is 0. The normalized spacial score (nSPS) is 9.60. The first kappa shape index (κ1) is 18.6. The number of aromatic nitrogens is 1. The van der Waals surface area contributed by atoms with E-state index in [1.165, 1.54) is 6.42 Å². The van der Waals surface area contributed by atoms with Crippen molar-refractivity contribution in [3.05, 3.63) is 30.1 Å². The van der Waals surface area contributed by atoms with Crippen LogP contribution in [-0.4, -0.2) is 43.1 Å². The highest BCUT2D eigenvalue weighted by molar-refractivity contribution is 5.75. The van der Waals surface area contributed by atoms with Gasteiger partial charge in [-0.2, -0.15) is 0 Å². The van der Waals surface area contributed by atoms with Crippen molar-refractivity contribution in [3.63, 3.8) is 0 Å². The fourth-order valence-corrected chi connectivity index (χ4v) is 1.51. The smallest absolute Gasteiger partial charge is 0.222 e. The highest BCUT2D eigenvalue weighted by Crippen LogP contribution is 2.00. The summed E-state index contributed by atoms with van der Waals surface area (Å²) in [7, 11) is 3.48. The third kappa shape index (κ3) is 9.50. The molecular formula is C16H28N2O2. The lowest BCUT2D eigenvalue weighted by molar-refractivity contribution is -0.130. The Labute approximate surface area is 123 Å². The zero-order chi connectivity index (χ0) is 15.2. The first-order valence-electron chi connectivity index (χ1n) is 7.28. The molecule has 0 aliphatic carbocycles. The van der Waals surface area contributed by atoms with Crippen molar-refractivity contribution in [3.8, 4) is 0 Å². The predicted molar refractivity (Wildman–Crippen MR) is 82.7 cm³/mol. The number of methoxy groups -OCH3 is 1. The number of hydrogen-bond acceptors (Lipinski definition) is 3. The topological polar surface area (TPSA) is 42.4 Å². The minimum atomic E-state index is 0.165. The quantitative estimate of drug-likeness (QED) is 0.721. The van der Waals surface area contributed by atoms with E-state index < -0.39 is 0 Å². The van der Waals surface area contributed by atoms with E-state index in [1.54, 1.807) is 18.2 Å². The van der Waals surface area contributed by atoms with E-state index >= 15 is 0 Å². The van der Waals surface area contributed by atoms with Gasteiger partial charge >= 0.3 is 0 Å². The Morgan fingerprint density at radius 1 is 1.35 bits per heavy atom. The van der Waals surface area contributed by atoms with Gasteiger partial charge in [0.15, 0.2) is 0 Å². The number of amides is 1. The van der Waals surface area contributed by atoms with Gasteiger partial charge in [0.05, 0.1) is 0 Å². The number of hydrogen-bond donors (Lipinski definition) is 0. The maximum Gasteiger partial charge on any atom is 0.222 e. The molecule has 0 N–H and O–H groups in total. The molecule has 1 amide bonds. The van der Waals surface area contributed by atoms with E-state index in [0.717, 1.165) is 18.5 Å². The van der Waals surface area contributed by atoms with Gasteiger partial charge in [0.2, 0.25) is 5.91 Å². The number of pyridine rings is 1. The average Bonchev–Trinajstić information content (AvgIpc) is 2.47. The van der Waals surface area contributed by atoms with Gasteiger partial charge in [-0.1, -0.05) is 26.3 Å². The number of ether oxygens (including phenoxy) is 1. The minimum absolute atomic E-state index is 0.165. The highest BCUT2D eigenvalue weighted by Gasteiger charge is 2.08. The van der Waals surface area contributed by atoms with Crippen LogP contribution in [0.4, 0.5) is 0 Å². The maximum atomic E-state index is 11.7. The van der Waals surface area contributed by atoms with E-state index in [-0.39, 0.29) is 5.91 Å². The molecule has 0 aliphatic heterocycles. The van der Waals surface area contributed by atoms with Crippen molar-refractivity contribution in [2.75, 3.05) is 27.3 Å². The van der Waals surface area contributed by atoms with Crippen LogP contribution in [0, 0.1) is 0 Å². The lowest BCUT2D eigenvalue weighted by Crippen LogP contribution is -2.28. The van der Waals surface area contributed by atoms with Crippen LogP contribution in [0.1, 0.15) is 38.8 Å². The number of likely N-dealkylation sites (N-methyl/N-ethyl adjacent to an activating group) is 1. The Balaban J connectivity index is 0.00000110. The zero-order valence-electron chi connectivity index (χ0n) is 13.3. The van der Waals surface area contributed by atoms with Gasteiger partial charge in [0.25, 0.3) is 0 Å². The van der Waals surface area contributed by atoms with Crippen LogP contribution >= 0.6 is 0 Å². The van der Waals surface area contributed by atoms with E-state index in [1.807, 2.05) is 25.2 Å². The second kappa shape index (κ2) is 12.6. The van der Waals surface area contributed by atoms with Crippen molar-refractivity contribution < 1.29 is 9.53 Å². The van der Waals surface area contributed by atoms with Crippen molar-refractivity contribution in [2.45, 2.75) is 39.5 Å². The first-order valence-corrected chi connectivity index (χ1v) is 7.28. The standard InChI is InChI=1S/C13H20N2O2.C3H8/c1-15(13(16)7-5-11-17-2)10-8-12-6-3-4-9-14-12;1-3-2/h3-4,6,9H,5,7-8,10-11H2,1-2H3;3H2,1-2H3. The molecule has 1 rings (SSSR count). The molecule has 0 aliphatic rings. The second-order valence-electron chi connectivity index (χ2n) is 4.69. The van der Waals surface area contributed by atoms with Gasteiger partial charge in [-0.15, -0.1) is 0 Å². The van der Waals surface area contributed by atoms with Crippen LogP contribution < -0.4 is 0 Å². The molecule has 0 spiro atoms. The third-order valence-electron chi connectivity index (χ3n) is 2.59. The highest BCUT2D eigenvalue weighted by atomic mass is 16.5. The summed E-state index contributed by atoms with van der Waals surface area (Å²) in [5.74, 6) is 0.165. The van der Waals surface area contributed by atoms with E-state index in [2.05, 4.69) is 18.8 Å². The minimum Gasteiger partial charge on any atom is -0.385 e. The average molecular weight is 280 g/mol. The van der Waals surface area contributed by atoms with Crippen molar-refractivity contribution in [1.29, 1.82) is 0 Å². The van der Waals surface area contributed by atoms with Gasteiger partial charge < -0.3 is 9.64 Å². The molecule has 0 saturated carbocycles. The molecule has 0 aromatic carbocycles. The molecule has 20 heavy (non-hydrogen) atoms. The first-order chi connectivity index (χ1) is 9.65. The molecule has 0 unspecified atom stereocenters. The monoisotopic (exact) mass is 280 g/mol. The number of carbonyl (C=O) groups excluding carboxylic acids is 1. The Morgan fingerprint density at radius 2 is 2.05 bits per heavy atom. The largest absolute Gasteiger partial charge is 0.385 e. The lowest BCUT2D eigenvalue weighted by Gasteiger charge is -2.16. The van der Waals surface area contributed by atoms with Gasteiger partial charge in [0, 0.05) is 52.0 Å². The van der Waals surface area contributed by atoms with Crippen LogP contribution in [-0.2, 0) is 16.0 Å². The van der Waals surface area contributed by atoms with Crippen molar-refractivity contribution in [1.82, 2.24) is 9.88 Å². The van der Waals surface area contributed by atoms with Gasteiger partial charge in [0.1, 0.15) is 0 Å². The van der Waals surface area contributed by atoms with Crippen LogP contribution in [0.3, 0.4) is 0 Å². The molecule has 0 saturated heterocycles. The Morgan fingerprint density at radius 3 is 2.60 bits per heavy atom. The third-order valence-corrected chi connectivity index (χ3v) is 2.59. The zero-order valence-corrected chi connectivity index (χ0v) is 13.3. The maximum absolute atomic E-state index is 11.7. The van der Waals surface area contributed by atoms with E-state index in [4.69, 9.17) is 4.74 Å². The van der Waals surface area contributed by atoms with Gasteiger partial charge in [-0.3, -0.25) is 9.78 Å². The molecular weight excluding hydrogens is 252 g/mol. The molecule has 1 aromatic rings. The lowest BCUT2D eigenvalue weighted by atomic mass is 10.2. The summed E-state index contributed by atoms with van der Waals surface area (Å²) in [6.45, 7) is 5.60. The SMILES string of the molecule is CCC.COCCCC(=O)N(C)CCc1ccccn1. The Hall–Kier alpha value is -1.42. The molecule has 114 valence electrons. The summed E-state index contributed by atoms with van der Waals surface area (Å²) >= 11 is 0. The molecule has 1 aromatic heterocycles. The number of nitrogens with zero attached hydrogens (tertiary/aromatic N) is 2. The summed E-state index contributed by atoms with van der Waals surface area (Å²) in [6, 6.07) is 5.83. The van der Waals surface area contributed by atoms with Crippen LogP contribution in [0.5, 0.6) is 0 Å². The molecule has 0 atom stereocenters. The predicted octanol–water partition coefficient (Wildman–Crippen LogP) is 2.93. The summed E-state index contributed by atoms with van der Waals surface area (Å²) in [6.07, 6.45) is 5.15. The van der Waals surface area contributed by atoms with Gasteiger partial charge in [-0.25, -0.2) is 0 Å². The number of rotatable bonds is 7. The summed E-state index contributed by atoms with van der Waals surface area (Å²) < 4.78 is 4.92. The van der Waals surface area contributed by atoms with Crippen molar-refractivity contribution >= 4 is 5.91 Å². The van der Waals surface area contributed by atoms with Gasteiger partial charge in [-0.05, 0) is 18.6 Å². The Bertz CT molecular complexity index is 342. The molecule has 4 nitrogen and oxygen atoms in total. The molecule has 1 heterocycles. The van der Waals surface area contributed by atoms with Crippen molar-refractivity contribution in [2.24, 2.45) is 0 Å². The molecule has 0 bridgehead atoms. The van der Waals surface area contributed by atoms with E-state index in [9.17, 15) is 4.79 Å². The van der Waals surface area contributed by atoms with Crippen LogP contribution in [0.15, 0.2) is 24.4 Å². The summed E-state index contributed by atoms with van der Waals surface area (Å²) in [5.41, 5.74) is 1.02. The van der Waals surface area contributed by atoms with Crippen LogP contribution in [0.2, 0.25) is 0 Å².